The molecule has 2 nitrogen and oxygen atoms in total. The summed E-state index contributed by atoms with van der Waals surface area (Å²) in [4.78, 5) is 25.7. The van der Waals surface area contributed by atoms with Crippen LogP contribution < -0.4 is 0 Å². The maximum Gasteiger partial charge on any atom is 0.195 e. The average molecular weight is 271 g/mol. The SMILES string of the molecule is O=C1c2cccc(S)c2C(=O)c2cccc([S-])c21. The fourth-order valence-electron chi connectivity index (χ4n) is 2.19. The highest BCUT2D eigenvalue weighted by Crippen LogP contribution is 2.32. The lowest BCUT2D eigenvalue weighted by Gasteiger charge is -2.23. The molecule has 4 heteroatoms. The maximum atomic E-state index is 12.4. The van der Waals surface area contributed by atoms with Crippen LogP contribution in [-0.4, -0.2) is 11.6 Å². The standard InChI is InChI=1S/C14H8O2S2/c15-13-7-3-1-5-9(17)11(7)14(16)8-4-2-6-10(18)12(8)13/h1-6,17-18H/p-1. The minimum atomic E-state index is -0.193. The Hall–Kier alpha value is -1.65. The topological polar surface area (TPSA) is 34.1 Å². The fourth-order valence-corrected chi connectivity index (χ4v) is 2.78. The van der Waals surface area contributed by atoms with Crippen LogP contribution in [0.25, 0.3) is 0 Å². The molecule has 2 aromatic carbocycles. The lowest BCUT2D eigenvalue weighted by atomic mass is 9.84. The molecule has 0 fully saturated rings. The van der Waals surface area contributed by atoms with Crippen molar-refractivity contribution >= 4 is 36.8 Å². The minimum Gasteiger partial charge on any atom is -0.779 e. The van der Waals surface area contributed by atoms with Gasteiger partial charge < -0.3 is 12.6 Å². The number of thiol groups is 1. The molecule has 18 heavy (non-hydrogen) atoms. The third kappa shape index (κ3) is 1.43. The molecule has 0 unspecified atom stereocenters. The van der Waals surface area contributed by atoms with E-state index < -0.39 is 0 Å². The van der Waals surface area contributed by atoms with Crippen molar-refractivity contribution in [1.82, 2.24) is 0 Å². The Morgan fingerprint density at radius 3 is 2.11 bits per heavy atom. The van der Waals surface area contributed by atoms with E-state index in [1.54, 1.807) is 36.4 Å². The first-order valence-corrected chi connectivity index (χ1v) is 6.18. The summed E-state index contributed by atoms with van der Waals surface area (Å²) in [6, 6.07) is 10.0. The van der Waals surface area contributed by atoms with E-state index in [2.05, 4.69) is 12.6 Å². The van der Waals surface area contributed by atoms with Crippen molar-refractivity contribution in [3.63, 3.8) is 0 Å². The Morgan fingerprint density at radius 2 is 1.39 bits per heavy atom. The van der Waals surface area contributed by atoms with Crippen molar-refractivity contribution in [1.29, 1.82) is 0 Å². The Kier molecular flexibility index (Phi) is 2.50. The zero-order chi connectivity index (χ0) is 12.9. The van der Waals surface area contributed by atoms with Gasteiger partial charge in [0.2, 0.25) is 0 Å². The van der Waals surface area contributed by atoms with E-state index in [9.17, 15) is 9.59 Å². The molecule has 0 radical (unpaired) electrons. The summed E-state index contributed by atoms with van der Waals surface area (Å²) < 4.78 is 0. The van der Waals surface area contributed by atoms with Crippen LogP contribution in [0, 0.1) is 0 Å². The first-order chi connectivity index (χ1) is 8.61. The van der Waals surface area contributed by atoms with Gasteiger partial charge in [-0.1, -0.05) is 30.3 Å². The van der Waals surface area contributed by atoms with E-state index >= 15 is 0 Å². The summed E-state index contributed by atoms with van der Waals surface area (Å²) in [5, 5.41) is 0. The molecule has 1 aliphatic carbocycles. The van der Waals surface area contributed by atoms with Crippen LogP contribution in [0.3, 0.4) is 0 Å². The Morgan fingerprint density at radius 1 is 0.833 bits per heavy atom. The van der Waals surface area contributed by atoms with Gasteiger partial charge in [-0.15, -0.1) is 12.6 Å². The highest BCUT2D eigenvalue weighted by Gasteiger charge is 2.30. The Balaban J connectivity index is 2.40. The van der Waals surface area contributed by atoms with Crippen molar-refractivity contribution in [2.45, 2.75) is 9.79 Å². The van der Waals surface area contributed by atoms with Gasteiger partial charge in [0.25, 0.3) is 0 Å². The summed E-state index contributed by atoms with van der Waals surface area (Å²) in [5.74, 6) is -0.377. The van der Waals surface area contributed by atoms with Crippen LogP contribution in [0.4, 0.5) is 0 Å². The molecule has 0 spiro atoms. The van der Waals surface area contributed by atoms with E-state index in [0.29, 0.717) is 32.0 Å². The van der Waals surface area contributed by atoms with Gasteiger partial charge in [0, 0.05) is 27.1 Å². The highest BCUT2D eigenvalue weighted by molar-refractivity contribution is 7.80. The molecule has 0 saturated heterocycles. The molecule has 2 aromatic rings. The molecule has 0 atom stereocenters. The molecule has 0 saturated carbocycles. The van der Waals surface area contributed by atoms with E-state index in [-0.39, 0.29) is 11.6 Å². The van der Waals surface area contributed by atoms with Gasteiger partial charge in [-0.3, -0.25) is 9.59 Å². The van der Waals surface area contributed by atoms with Crippen LogP contribution >= 0.6 is 12.6 Å². The summed E-state index contributed by atoms with van der Waals surface area (Å²) in [6.45, 7) is 0. The largest absolute Gasteiger partial charge is 0.779 e. The predicted octanol–water partition coefficient (Wildman–Crippen LogP) is 2.66. The predicted molar refractivity (Wildman–Crippen MR) is 72.6 cm³/mol. The van der Waals surface area contributed by atoms with Gasteiger partial charge >= 0.3 is 0 Å². The first-order valence-electron chi connectivity index (χ1n) is 5.32. The Labute approximate surface area is 115 Å². The van der Waals surface area contributed by atoms with Crippen molar-refractivity contribution in [3.8, 4) is 0 Å². The van der Waals surface area contributed by atoms with Gasteiger partial charge in [0.15, 0.2) is 11.6 Å². The number of hydrogen-bond acceptors (Lipinski definition) is 4. The molecular weight excluding hydrogens is 264 g/mol. The van der Waals surface area contributed by atoms with Crippen LogP contribution in [0.2, 0.25) is 0 Å². The van der Waals surface area contributed by atoms with Crippen LogP contribution in [0.1, 0.15) is 31.8 Å². The van der Waals surface area contributed by atoms with Gasteiger partial charge in [0.05, 0.1) is 0 Å². The molecule has 3 rings (SSSR count). The molecular formula is C14H7O2S2-. The van der Waals surface area contributed by atoms with E-state index in [1.807, 2.05) is 0 Å². The molecule has 0 N–H and O–H groups in total. The first kappa shape index (κ1) is 11.4. The number of ketones is 2. The zero-order valence-electron chi connectivity index (χ0n) is 9.14. The van der Waals surface area contributed by atoms with Crippen molar-refractivity contribution in [3.05, 3.63) is 58.7 Å². The van der Waals surface area contributed by atoms with Gasteiger partial charge in [0.1, 0.15) is 0 Å². The summed E-state index contributed by atoms with van der Waals surface area (Å²) in [7, 11) is 0. The minimum absolute atomic E-state index is 0.183. The Bertz CT molecular complexity index is 643. The fraction of sp³-hybridized carbons (Fsp3) is 0. The van der Waals surface area contributed by atoms with Crippen molar-refractivity contribution in [2.24, 2.45) is 0 Å². The summed E-state index contributed by atoms with van der Waals surface area (Å²) in [5.41, 5.74) is 1.47. The van der Waals surface area contributed by atoms with E-state index in [4.69, 9.17) is 12.6 Å². The molecule has 1 aliphatic rings. The quantitative estimate of drug-likeness (QED) is 0.504. The van der Waals surface area contributed by atoms with Gasteiger partial charge in [-0.05, 0) is 6.07 Å². The van der Waals surface area contributed by atoms with Crippen LogP contribution in [0.15, 0.2) is 46.2 Å². The molecule has 0 heterocycles. The lowest BCUT2D eigenvalue weighted by molar-refractivity contribution is 0.0974. The van der Waals surface area contributed by atoms with Crippen LogP contribution in [-0.2, 0) is 12.6 Å². The maximum absolute atomic E-state index is 12.4. The number of fused-ring (bicyclic) bond motifs is 2. The third-order valence-corrected chi connectivity index (χ3v) is 3.72. The zero-order valence-corrected chi connectivity index (χ0v) is 10.8. The summed E-state index contributed by atoms with van der Waals surface area (Å²) >= 11 is 9.39. The summed E-state index contributed by atoms with van der Waals surface area (Å²) in [6.07, 6.45) is 0. The second kappa shape index (κ2) is 3.93. The highest BCUT2D eigenvalue weighted by atomic mass is 32.1. The van der Waals surface area contributed by atoms with Crippen molar-refractivity contribution < 1.29 is 9.59 Å². The molecule has 88 valence electrons. The molecule has 0 bridgehead atoms. The van der Waals surface area contributed by atoms with Crippen LogP contribution in [0.5, 0.6) is 0 Å². The van der Waals surface area contributed by atoms with Gasteiger partial charge in [-0.2, -0.15) is 4.90 Å². The number of carbonyl (C=O) groups excluding carboxylic acids is 2. The average Bonchev–Trinajstić information content (AvgIpc) is 2.35. The number of rotatable bonds is 0. The smallest absolute Gasteiger partial charge is 0.195 e. The van der Waals surface area contributed by atoms with Gasteiger partial charge in [-0.25, -0.2) is 0 Å². The third-order valence-electron chi connectivity index (χ3n) is 3.01. The molecule has 0 aliphatic heterocycles. The normalized spacial score (nSPS) is 13.2. The lowest BCUT2D eigenvalue weighted by Crippen LogP contribution is -2.22. The molecule has 0 aromatic heterocycles. The van der Waals surface area contributed by atoms with E-state index in [1.165, 1.54) is 0 Å². The number of carbonyl (C=O) groups is 2. The van der Waals surface area contributed by atoms with E-state index in [0.717, 1.165) is 0 Å². The number of benzene rings is 2. The monoisotopic (exact) mass is 271 g/mol. The molecule has 0 amide bonds. The number of hydrogen-bond donors (Lipinski definition) is 1. The second-order valence-corrected chi connectivity index (χ2v) is 4.96. The van der Waals surface area contributed by atoms with Crippen molar-refractivity contribution in [2.75, 3.05) is 0 Å². The second-order valence-electron chi connectivity index (χ2n) is 4.04.